The molecule has 0 heterocycles. The highest BCUT2D eigenvalue weighted by molar-refractivity contribution is 6.28. The van der Waals surface area contributed by atoms with Crippen molar-refractivity contribution in [3.05, 3.63) is 42.0 Å². The van der Waals surface area contributed by atoms with Gasteiger partial charge in [0.15, 0.2) is 5.91 Å². The van der Waals surface area contributed by atoms with Gasteiger partial charge in [0.05, 0.1) is 6.61 Å². The average Bonchev–Trinajstić information content (AvgIpc) is 2.35. The van der Waals surface area contributed by atoms with Gasteiger partial charge in [-0.3, -0.25) is 0 Å². The summed E-state index contributed by atoms with van der Waals surface area (Å²) < 4.78 is 15.8. The van der Waals surface area contributed by atoms with Crippen molar-refractivity contribution in [2.24, 2.45) is 0 Å². The third-order valence-electron chi connectivity index (χ3n) is 2.24. The van der Waals surface area contributed by atoms with E-state index >= 15 is 0 Å². The Hall–Kier alpha value is -0.943. The standard InChI is InChI=1S/C12H18O3Si/c1-4-10-6-5-7-11(8-10)9-15-16-12(13-2)14-3/h4-8,12H,1,9,16H2,2-3H3. The molecule has 16 heavy (non-hydrogen) atoms. The number of hydrogen-bond acceptors (Lipinski definition) is 3. The van der Waals surface area contributed by atoms with Crippen LogP contribution in [0.25, 0.3) is 6.08 Å². The average molecular weight is 238 g/mol. The van der Waals surface area contributed by atoms with Crippen LogP contribution in [0.15, 0.2) is 30.8 Å². The van der Waals surface area contributed by atoms with E-state index in [-0.39, 0.29) is 5.91 Å². The molecule has 0 aliphatic rings. The summed E-state index contributed by atoms with van der Waals surface area (Å²) in [6.45, 7) is 4.34. The van der Waals surface area contributed by atoms with Crippen LogP contribution in [0.3, 0.4) is 0 Å². The maximum absolute atomic E-state index is 5.62. The minimum Gasteiger partial charge on any atom is -0.414 e. The fraction of sp³-hybridized carbons (Fsp3) is 0.333. The number of rotatable bonds is 7. The fourth-order valence-electron chi connectivity index (χ4n) is 1.32. The first-order valence-electron chi connectivity index (χ1n) is 5.15. The van der Waals surface area contributed by atoms with Gasteiger partial charge in [0.1, 0.15) is 0 Å². The quantitative estimate of drug-likeness (QED) is 0.532. The first-order valence-corrected chi connectivity index (χ1v) is 6.54. The van der Waals surface area contributed by atoms with Gasteiger partial charge in [0.25, 0.3) is 0 Å². The lowest BCUT2D eigenvalue weighted by Gasteiger charge is -2.12. The predicted molar refractivity (Wildman–Crippen MR) is 67.7 cm³/mol. The van der Waals surface area contributed by atoms with Crippen molar-refractivity contribution >= 4 is 15.8 Å². The molecule has 0 unspecified atom stereocenters. The number of ether oxygens (including phenoxy) is 2. The molecule has 0 saturated carbocycles. The van der Waals surface area contributed by atoms with Crippen LogP contribution < -0.4 is 0 Å². The van der Waals surface area contributed by atoms with E-state index in [0.29, 0.717) is 6.61 Å². The van der Waals surface area contributed by atoms with Gasteiger partial charge in [-0.25, -0.2) is 0 Å². The summed E-state index contributed by atoms with van der Waals surface area (Å²) in [5, 5.41) is 0. The number of benzene rings is 1. The Balaban J connectivity index is 2.39. The molecule has 0 bridgehead atoms. The molecule has 4 heteroatoms. The summed E-state index contributed by atoms with van der Waals surface area (Å²) in [5.41, 5.74) is 2.26. The summed E-state index contributed by atoms with van der Waals surface area (Å²) in [6, 6.07) is 8.12. The zero-order chi connectivity index (χ0) is 11.8. The zero-order valence-electron chi connectivity index (χ0n) is 9.81. The second-order valence-electron chi connectivity index (χ2n) is 3.37. The molecule has 88 valence electrons. The first kappa shape index (κ1) is 13.1. The SMILES string of the molecule is C=Cc1cccc(CO[SiH2]C(OC)OC)c1. The summed E-state index contributed by atoms with van der Waals surface area (Å²) in [6.07, 6.45) is 1.83. The molecular formula is C12H18O3Si. The second-order valence-corrected chi connectivity index (χ2v) is 4.77. The molecule has 0 spiro atoms. The maximum atomic E-state index is 5.62. The lowest BCUT2D eigenvalue weighted by atomic mass is 10.1. The van der Waals surface area contributed by atoms with E-state index in [1.54, 1.807) is 14.2 Å². The monoisotopic (exact) mass is 238 g/mol. The van der Waals surface area contributed by atoms with Crippen molar-refractivity contribution in [3.8, 4) is 0 Å². The van der Waals surface area contributed by atoms with Gasteiger partial charge < -0.3 is 13.9 Å². The molecule has 1 aromatic carbocycles. The van der Waals surface area contributed by atoms with E-state index in [0.717, 1.165) is 11.1 Å². The van der Waals surface area contributed by atoms with Crippen LogP contribution in [0.2, 0.25) is 0 Å². The van der Waals surface area contributed by atoms with Gasteiger partial charge in [0.2, 0.25) is 9.76 Å². The van der Waals surface area contributed by atoms with Crippen molar-refractivity contribution in [1.82, 2.24) is 0 Å². The maximum Gasteiger partial charge on any atom is 0.224 e. The molecular weight excluding hydrogens is 220 g/mol. The third-order valence-corrected chi connectivity index (χ3v) is 3.61. The summed E-state index contributed by atoms with van der Waals surface area (Å²) in [4.78, 5) is 0. The number of methoxy groups -OCH3 is 2. The Morgan fingerprint density at radius 1 is 1.38 bits per heavy atom. The van der Waals surface area contributed by atoms with Crippen LogP contribution in [-0.4, -0.2) is 29.9 Å². The molecule has 1 aromatic rings. The molecule has 3 nitrogen and oxygen atoms in total. The summed E-state index contributed by atoms with van der Waals surface area (Å²) in [5.74, 6) is -0.164. The topological polar surface area (TPSA) is 27.7 Å². The van der Waals surface area contributed by atoms with Gasteiger partial charge >= 0.3 is 0 Å². The van der Waals surface area contributed by atoms with Gasteiger partial charge in [-0.1, -0.05) is 30.9 Å². The first-order chi connectivity index (χ1) is 7.80. The van der Waals surface area contributed by atoms with Gasteiger partial charge in [-0.05, 0) is 17.2 Å². The second kappa shape index (κ2) is 7.35. The molecule has 0 amide bonds. The van der Waals surface area contributed by atoms with E-state index in [4.69, 9.17) is 13.9 Å². The van der Waals surface area contributed by atoms with Crippen molar-refractivity contribution < 1.29 is 13.9 Å². The van der Waals surface area contributed by atoms with Gasteiger partial charge in [-0.15, -0.1) is 0 Å². The van der Waals surface area contributed by atoms with Crippen LogP contribution in [-0.2, 0) is 20.5 Å². The largest absolute Gasteiger partial charge is 0.414 e. The van der Waals surface area contributed by atoms with E-state index in [1.807, 2.05) is 24.3 Å². The molecule has 0 aliphatic carbocycles. The van der Waals surface area contributed by atoms with Gasteiger partial charge in [0, 0.05) is 14.2 Å². The summed E-state index contributed by atoms with van der Waals surface area (Å²) in [7, 11) is 2.45. The van der Waals surface area contributed by atoms with Crippen LogP contribution in [0.4, 0.5) is 0 Å². The van der Waals surface area contributed by atoms with Crippen LogP contribution in [0.1, 0.15) is 11.1 Å². The van der Waals surface area contributed by atoms with Crippen molar-refractivity contribution in [2.45, 2.75) is 12.5 Å². The Labute approximate surface area is 99.0 Å². The summed E-state index contributed by atoms with van der Waals surface area (Å²) >= 11 is 0. The molecule has 0 aliphatic heterocycles. The van der Waals surface area contributed by atoms with Crippen molar-refractivity contribution in [1.29, 1.82) is 0 Å². The van der Waals surface area contributed by atoms with E-state index in [9.17, 15) is 0 Å². The highest BCUT2D eigenvalue weighted by atomic mass is 28.2. The van der Waals surface area contributed by atoms with E-state index in [1.165, 1.54) is 0 Å². The highest BCUT2D eigenvalue weighted by Crippen LogP contribution is 2.07. The zero-order valence-corrected chi connectivity index (χ0v) is 11.2. The van der Waals surface area contributed by atoms with E-state index in [2.05, 4.69) is 12.6 Å². The molecule has 0 aromatic heterocycles. The van der Waals surface area contributed by atoms with Crippen LogP contribution >= 0.6 is 0 Å². The highest BCUT2D eigenvalue weighted by Gasteiger charge is 2.05. The minimum atomic E-state index is -0.807. The fourth-order valence-corrected chi connectivity index (χ4v) is 2.13. The molecule has 0 saturated heterocycles. The van der Waals surface area contributed by atoms with Crippen molar-refractivity contribution in [3.63, 3.8) is 0 Å². The molecule has 0 radical (unpaired) electrons. The predicted octanol–water partition coefficient (Wildman–Crippen LogP) is 1.51. The molecule has 0 fully saturated rings. The normalized spacial score (nSPS) is 11.4. The minimum absolute atomic E-state index is 0.164. The van der Waals surface area contributed by atoms with Crippen molar-refractivity contribution in [2.75, 3.05) is 14.2 Å². The molecule has 1 rings (SSSR count). The van der Waals surface area contributed by atoms with Gasteiger partial charge in [-0.2, -0.15) is 0 Å². The smallest absolute Gasteiger partial charge is 0.224 e. The van der Waals surface area contributed by atoms with Crippen LogP contribution in [0, 0.1) is 0 Å². The molecule has 0 atom stereocenters. The van der Waals surface area contributed by atoms with Crippen LogP contribution in [0.5, 0.6) is 0 Å². The Morgan fingerprint density at radius 2 is 2.12 bits per heavy atom. The Bertz CT molecular complexity index is 324. The molecule has 0 N–H and O–H groups in total. The third kappa shape index (κ3) is 4.28. The Kier molecular flexibility index (Phi) is 6.03. The van der Waals surface area contributed by atoms with E-state index < -0.39 is 9.76 Å². The lowest BCUT2D eigenvalue weighted by molar-refractivity contribution is -0.0532. The number of hydrogen-bond donors (Lipinski definition) is 0. The Morgan fingerprint density at radius 3 is 2.75 bits per heavy atom. The lowest BCUT2D eigenvalue weighted by Crippen LogP contribution is -2.23.